The van der Waals surface area contributed by atoms with Gasteiger partial charge in [-0.15, -0.1) is 12.4 Å². The van der Waals surface area contributed by atoms with Gasteiger partial charge in [0.2, 0.25) is 11.7 Å². The highest BCUT2D eigenvalue weighted by Crippen LogP contribution is 2.25. The molecule has 5 nitrogen and oxygen atoms in total. The van der Waals surface area contributed by atoms with Crippen molar-refractivity contribution < 1.29 is 4.52 Å². The first-order valence-corrected chi connectivity index (χ1v) is 8.15. The summed E-state index contributed by atoms with van der Waals surface area (Å²) in [6.45, 7) is 4.93. The molecule has 1 atom stereocenters. The maximum atomic E-state index is 5.62. The number of nitrogens with two attached hydrogens (primary N) is 1. The lowest BCUT2D eigenvalue weighted by Gasteiger charge is -2.24. The lowest BCUT2D eigenvalue weighted by molar-refractivity contribution is 0.179. The van der Waals surface area contributed by atoms with E-state index in [0.29, 0.717) is 18.3 Å². The molecule has 1 aromatic heterocycles. The van der Waals surface area contributed by atoms with Crippen LogP contribution in [0.2, 0.25) is 0 Å². The van der Waals surface area contributed by atoms with Crippen molar-refractivity contribution in [1.29, 1.82) is 0 Å². The van der Waals surface area contributed by atoms with Gasteiger partial charge in [-0.3, -0.25) is 4.90 Å². The minimum atomic E-state index is 0. The molecule has 1 fully saturated rings. The van der Waals surface area contributed by atoms with Crippen LogP contribution in [0.25, 0.3) is 11.4 Å². The molecule has 0 spiro atoms. The quantitative estimate of drug-likeness (QED) is 0.924. The third-order valence-corrected chi connectivity index (χ3v) is 4.44. The Morgan fingerprint density at radius 3 is 2.39 bits per heavy atom. The van der Waals surface area contributed by atoms with Crippen molar-refractivity contribution in [1.82, 2.24) is 15.0 Å². The lowest BCUT2D eigenvalue weighted by atomic mass is 10.1. The molecule has 0 radical (unpaired) electrons. The van der Waals surface area contributed by atoms with Gasteiger partial charge in [0, 0.05) is 12.1 Å². The molecule has 0 bridgehead atoms. The predicted octanol–water partition coefficient (Wildman–Crippen LogP) is 3.55. The zero-order chi connectivity index (χ0) is 15.4. The summed E-state index contributed by atoms with van der Waals surface area (Å²) in [6, 6.07) is 8.18. The summed E-state index contributed by atoms with van der Waals surface area (Å²) in [7, 11) is 0. The Morgan fingerprint density at radius 2 is 1.78 bits per heavy atom. The van der Waals surface area contributed by atoms with Crippen molar-refractivity contribution in [2.24, 2.45) is 5.73 Å². The summed E-state index contributed by atoms with van der Waals surface area (Å²) in [6.07, 6.45) is 5.16. The van der Waals surface area contributed by atoms with Crippen LogP contribution in [0.1, 0.15) is 50.1 Å². The van der Waals surface area contributed by atoms with Crippen LogP contribution in [-0.4, -0.2) is 28.1 Å². The fourth-order valence-corrected chi connectivity index (χ4v) is 2.95. The minimum Gasteiger partial charge on any atom is -0.337 e. The highest BCUT2D eigenvalue weighted by molar-refractivity contribution is 5.85. The summed E-state index contributed by atoms with van der Waals surface area (Å²) < 4.78 is 5.50. The molecule has 126 valence electrons. The van der Waals surface area contributed by atoms with Gasteiger partial charge >= 0.3 is 0 Å². The second-order valence-corrected chi connectivity index (χ2v) is 5.98. The second kappa shape index (κ2) is 8.43. The molecule has 1 aromatic carbocycles. The van der Waals surface area contributed by atoms with Crippen molar-refractivity contribution in [2.45, 2.75) is 45.2 Å². The molecule has 2 N–H and O–H groups in total. The van der Waals surface area contributed by atoms with Gasteiger partial charge in [0.15, 0.2) is 0 Å². The van der Waals surface area contributed by atoms with E-state index in [0.717, 1.165) is 24.2 Å². The van der Waals surface area contributed by atoms with Crippen molar-refractivity contribution in [2.75, 3.05) is 13.1 Å². The van der Waals surface area contributed by atoms with Crippen molar-refractivity contribution in [3.63, 3.8) is 0 Å². The number of hydrogen-bond donors (Lipinski definition) is 1. The summed E-state index contributed by atoms with van der Waals surface area (Å²) in [4.78, 5) is 7.04. The van der Waals surface area contributed by atoms with E-state index in [9.17, 15) is 0 Å². The topological polar surface area (TPSA) is 68.2 Å². The van der Waals surface area contributed by atoms with Gasteiger partial charge in [-0.05, 0) is 38.4 Å². The van der Waals surface area contributed by atoms with Crippen LogP contribution < -0.4 is 5.73 Å². The van der Waals surface area contributed by atoms with Crippen LogP contribution in [0.5, 0.6) is 0 Å². The Bertz CT molecular complexity index is 591. The number of aromatic nitrogens is 2. The van der Waals surface area contributed by atoms with E-state index in [1.54, 1.807) is 0 Å². The maximum Gasteiger partial charge on any atom is 0.244 e. The molecule has 2 aromatic rings. The molecule has 0 saturated carbocycles. The smallest absolute Gasteiger partial charge is 0.244 e. The Hall–Kier alpha value is -1.43. The molecule has 1 aliphatic rings. The fraction of sp³-hybridized carbons (Fsp3) is 0.529. The van der Waals surface area contributed by atoms with E-state index < -0.39 is 0 Å². The van der Waals surface area contributed by atoms with E-state index in [1.165, 1.54) is 25.7 Å². The molecule has 2 heterocycles. The van der Waals surface area contributed by atoms with E-state index in [1.807, 2.05) is 24.3 Å². The molecule has 1 unspecified atom stereocenters. The number of halogens is 1. The van der Waals surface area contributed by atoms with Gasteiger partial charge in [-0.1, -0.05) is 42.3 Å². The van der Waals surface area contributed by atoms with Crippen LogP contribution in [0.4, 0.5) is 0 Å². The Morgan fingerprint density at radius 1 is 1.13 bits per heavy atom. The summed E-state index contributed by atoms with van der Waals surface area (Å²) in [5.74, 6) is 1.36. The van der Waals surface area contributed by atoms with Gasteiger partial charge in [-0.25, -0.2) is 0 Å². The largest absolute Gasteiger partial charge is 0.337 e. The predicted molar refractivity (Wildman–Crippen MR) is 93.3 cm³/mol. The minimum absolute atomic E-state index is 0. The first kappa shape index (κ1) is 17.9. The second-order valence-electron chi connectivity index (χ2n) is 5.98. The molecule has 3 rings (SSSR count). The number of benzene rings is 1. The van der Waals surface area contributed by atoms with Gasteiger partial charge in [0.25, 0.3) is 0 Å². The van der Waals surface area contributed by atoms with Crippen molar-refractivity contribution in [3.8, 4) is 11.4 Å². The third-order valence-electron chi connectivity index (χ3n) is 4.44. The molecule has 6 heteroatoms. The summed E-state index contributed by atoms with van der Waals surface area (Å²) >= 11 is 0. The number of hydrogen-bond acceptors (Lipinski definition) is 5. The molecular weight excluding hydrogens is 312 g/mol. The SMILES string of the molecule is CC(c1nc(-c2ccc(CN)cc2)no1)N1CCCCCC1.Cl. The molecule has 0 aliphatic carbocycles. The highest BCUT2D eigenvalue weighted by atomic mass is 35.5. The number of nitrogens with zero attached hydrogens (tertiary/aromatic N) is 3. The first-order chi connectivity index (χ1) is 10.8. The van der Waals surface area contributed by atoms with Gasteiger partial charge in [0.05, 0.1) is 6.04 Å². The van der Waals surface area contributed by atoms with E-state index >= 15 is 0 Å². The van der Waals surface area contributed by atoms with Crippen LogP contribution >= 0.6 is 12.4 Å². The molecule has 1 saturated heterocycles. The fourth-order valence-electron chi connectivity index (χ4n) is 2.95. The number of rotatable bonds is 4. The van der Waals surface area contributed by atoms with E-state index in [-0.39, 0.29) is 18.4 Å². The molecule has 0 amide bonds. The Labute approximate surface area is 143 Å². The normalized spacial score (nSPS) is 17.3. The maximum absolute atomic E-state index is 5.62. The first-order valence-electron chi connectivity index (χ1n) is 8.15. The van der Waals surface area contributed by atoms with Gasteiger partial charge in [0.1, 0.15) is 0 Å². The summed E-state index contributed by atoms with van der Waals surface area (Å²) in [5, 5.41) is 4.14. The van der Waals surface area contributed by atoms with E-state index in [2.05, 4.69) is 22.0 Å². The molecule has 1 aliphatic heterocycles. The highest BCUT2D eigenvalue weighted by Gasteiger charge is 2.22. The Balaban J connectivity index is 0.00000192. The monoisotopic (exact) mass is 336 g/mol. The average Bonchev–Trinajstić information content (AvgIpc) is 2.90. The Kier molecular flexibility index (Phi) is 6.57. The number of likely N-dealkylation sites (tertiary alicyclic amines) is 1. The van der Waals surface area contributed by atoms with Gasteiger partial charge in [-0.2, -0.15) is 4.98 Å². The molecular formula is C17H25ClN4O. The summed E-state index contributed by atoms with van der Waals surface area (Å²) in [5.41, 5.74) is 7.69. The van der Waals surface area contributed by atoms with Crippen LogP contribution in [0, 0.1) is 0 Å². The third kappa shape index (κ3) is 4.31. The lowest BCUT2D eigenvalue weighted by Crippen LogP contribution is -2.28. The molecule has 23 heavy (non-hydrogen) atoms. The standard InChI is InChI=1S/C17H24N4O.ClH/c1-13(21-10-4-2-3-5-11-21)17-19-16(20-22-17)15-8-6-14(12-18)7-9-15;/h6-9,13H,2-5,10-12,18H2,1H3;1H. The van der Waals surface area contributed by atoms with Crippen LogP contribution in [-0.2, 0) is 6.54 Å². The van der Waals surface area contributed by atoms with Gasteiger partial charge < -0.3 is 10.3 Å². The average molecular weight is 337 g/mol. The van der Waals surface area contributed by atoms with Crippen LogP contribution in [0.15, 0.2) is 28.8 Å². The zero-order valence-electron chi connectivity index (χ0n) is 13.6. The van der Waals surface area contributed by atoms with E-state index in [4.69, 9.17) is 10.3 Å². The van der Waals surface area contributed by atoms with Crippen molar-refractivity contribution >= 4 is 12.4 Å². The van der Waals surface area contributed by atoms with Crippen molar-refractivity contribution in [3.05, 3.63) is 35.7 Å². The van der Waals surface area contributed by atoms with Crippen LogP contribution in [0.3, 0.4) is 0 Å². The zero-order valence-corrected chi connectivity index (χ0v) is 14.4.